The number of hydrogen-bond acceptors (Lipinski definition) is 5. The largest absolute Gasteiger partial charge is 0.481 e. The molecule has 0 aliphatic heterocycles. The van der Waals surface area contributed by atoms with Gasteiger partial charge in [-0.15, -0.1) is 0 Å². The number of carbonyl (C=O) groups is 1. The summed E-state index contributed by atoms with van der Waals surface area (Å²) in [6.45, 7) is 7.33. The Hall–Kier alpha value is -1.31. The first-order chi connectivity index (χ1) is 19.0. The summed E-state index contributed by atoms with van der Waals surface area (Å²) in [5.41, 5.74) is 9.19. The molecule has 4 N–H and O–H groups in total. The third-order valence-electron chi connectivity index (χ3n) is 6.01. The summed E-state index contributed by atoms with van der Waals surface area (Å²) in [6.07, 6.45) is 23.6. The van der Waals surface area contributed by atoms with Gasteiger partial charge in [-0.2, -0.15) is 0 Å². The maximum atomic E-state index is 10.0. The van der Waals surface area contributed by atoms with Crippen molar-refractivity contribution in [3.05, 3.63) is 30.3 Å². The lowest BCUT2D eigenvalue weighted by Gasteiger charge is -2.06. The zero-order valence-corrected chi connectivity index (χ0v) is 27.0. The van der Waals surface area contributed by atoms with Crippen molar-refractivity contribution >= 4 is 40.0 Å². The minimum atomic E-state index is -0.670. The van der Waals surface area contributed by atoms with E-state index < -0.39 is 5.97 Å². The molecule has 0 saturated heterocycles. The Morgan fingerprint density at radius 3 is 1.64 bits per heavy atom. The van der Waals surface area contributed by atoms with Gasteiger partial charge in [-0.25, -0.2) is 0 Å². The van der Waals surface area contributed by atoms with E-state index in [2.05, 4.69) is 38.5 Å². The summed E-state index contributed by atoms with van der Waals surface area (Å²) in [6, 6.07) is 10.1. The van der Waals surface area contributed by atoms with E-state index in [0.29, 0.717) is 10.7 Å². The molecule has 1 aromatic carbocycles. The summed E-state index contributed by atoms with van der Waals surface area (Å²) < 4.78 is 0.557. The normalized spacial score (nSPS) is 10.1. The fourth-order valence-corrected chi connectivity index (χ4v) is 4.39. The molecule has 0 amide bonds. The highest BCUT2D eigenvalue weighted by atomic mass is 32.2. The average molecular weight is 585 g/mol. The highest BCUT2D eigenvalue weighted by molar-refractivity contribution is 8.22. The van der Waals surface area contributed by atoms with Crippen molar-refractivity contribution in [2.45, 2.75) is 143 Å². The zero-order chi connectivity index (χ0) is 29.2. The molecule has 0 aromatic heterocycles. The maximum Gasteiger partial charge on any atom is 0.303 e. The third-order valence-corrected chi connectivity index (χ3v) is 7.26. The number of unbranched alkanes of at least 4 members (excludes halogenated alkanes) is 15. The molecule has 0 spiro atoms. The van der Waals surface area contributed by atoms with Crippen molar-refractivity contribution in [3.8, 4) is 0 Å². The van der Waals surface area contributed by atoms with Crippen LogP contribution in [0.3, 0.4) is 0 Å². The number of thioether (sulfide) groups is 1. The van der Waals surface area contributed by atoms with Crippen LogP contribution in [0, 0.1) is 0 Å². The standard InChI is InChI=1S/C20H35NO.C8H16O2.C4H9NS2/c1-2-3-4-5-6-7-8-9-10-11-12-16-19-22-21-20-17-14-13-15-18-20;1-2-3-4-5-6-7-8(9)10;1-2-3-7-4(5)6/h13-15,17-18,21H,2-12,16,19H2,1H3;2-7H2,1H3,(H,9,10);2-3H2,1H3,(H2,5,6). The molecule has 0 saturated carbocycles. The summed E-state index contributed by atoms with van der Waals surface area (Å²) in [5.74, 6) is 0.381. The van der Waals surface area contributed by atoms with Gasteiger partial charge >= 0.3 is 5.97 Å². The van der Waals surface area contributed by atoms with Crippen LogP contribution in [0.1, 0.15) is 143 Å². The highest BCUT2D eigenvalue weighted by Gasteiger charge is 1.96. The summed E-state index contributed by atoms with van der Waals surface area (Å²) in [4.78, 5) is 15.5. The van der Waals surface area contributed by atoms with Gasteiger partial charge in [0.15, 0.2) is 0 Å². The monoisotopic (exact) mass is 584 g/mol. The van der Waals surface area contributed by atoms with Crippen LogP contribution < -0.4 is 11.2 Å². The second kappa shape index (κ2) is 34.7. The first-order valence-corrected chi connectivity index (χ1v) is 16.9. The Morgan fingerprint density at radius 2 is 1.23 bits per heavy atom. The van der Waals surface area contributed by atoms with Crippen molar-refractivity contribution < 1.29 is 14.7 Å². The number of benzene rings is 1. The number of nitrogens with one attached hydrogen (secondary N) is 1. The number of thiocarbonyl (C=S) groups is 1. The number of rotatable bonds is 23. The number of para-hydroxylation sites is 1. The van der Waals surface area contributed by atoms with E-state index in [1.165, 1.54) is 89.9 Å². The molecule has 7 heteroatoms. The fourth-order valence-electron chi connectivity index (χ4n) is 3.74. The second-order valence-corrected chi connectivity index (χ2v) is 11.8. The number of anilines is 1. The molecule has 39 heavy (non-hydrogen) atoms. The number of carboxylic acid groups (broad SMARTS) is 1. The lowest BCUT2D eigenvalue weighted by atomic mass is 10.1. The van der Waals surface area contributed by atoms with Gasteiger partial charge in [0.1, 0.15) is 4.32 Å². The Kier molecular flexibility index (Phi) is 35.5. The average Bonchev–Trinajstić information content (AvgIpc) is 2.93. The first kappa shape index (κ1) is 39.8. The van der Waals surface area contributed by atoms with E-state index in [1.54, 1.807) is 11.8 Å². The molecule has 0 atom stereocenters. The minimum absolute atomic E-state index is 0.337. The van der Waals surface area contributed by atoms with Crippen molar-refractivity contribution in [1.82, 2.24) is 0 Å². The molecular weight excluding hydrogens is 524 g/mol. The van der Waals surface area contributed by atoms with Crippen LogP contribution in [-0.2, 0) is 9.63 Å². The first-order valence-electron chi connectivity index (χ1n) is 15.5. The Labute approximate surface area is 250 Å². The van der Waals surface area contributed by atoms with Crippen LogP contribution in [0.25, 0.3) is 0 Å². The van der Waals surface area contributed by atoms with Gasteiger partial charge in [-0.3, -0.25) is 15.1 Å². The smallest absolute Gasteiger partial charge is 0.303 e. The molecule has 0 heterocycles. The van der Waals surface area contributed by atoms with E-state index >= 15 is 0 Å². The number of aliphatic carboxylic acids is 1. The molecule has 1 aromatic rings. The lowest BCUT2D eigenvalue weighted by molar-refractivity contribution is -0.137. The Balaban J connectivity index is 0. The van der Waals surface area contributed by atoms with Gasteiger partial charge < -0.3 is 10.8 Å². The fraction of sp³-hybridized carbons (Fsp3) is 0.750. The summed E-state index contributed by atoms with van der Waals surface area (Å²) in [5, 5.41) is 8.27. The minimum Gasteiger partial charge on any atom is -0.481 e. The maximum absolute atomic E-state index is 10.0. The van der Waals surface area contributed by atoms with Crippen LogP contribution in [0.2, 0.25) is 0 Å². The van der Waals surface area contributed by atoms with Gasteiger partial charge in [0.05, 0.1) is 12.3 Å². The number of hydrogen-bond donors (Lipinski definition) is 3. The SMILES string of the molecule is CCCCCCCC(=O)O.CCCCCCCCCCCCCCONc1ccccc1.CCCSC(N)=S. The topological polar surface area (TPSA) is 84.6 Å². The van der Waals surface area contributed by atoms with Crippen LogP contribution in [0.4, 0.5) is 5.69 Å². The Bertz CT molecular complexity index is 633. The van der Waals surface area contributed by atoms with Gasteiger partial charge in [0, 0.05) is 6.42 Å². The lowest BCUT2D eigenvalue weighted by Crippen LogP contribution is -2.02. The zero-order valence-electron chi connectivity index (χ0n) is 25.4. The van der Waals surface area contributed by atoms with E-state index in [4.69, 9.17) is 15.7 Å². The van der Waals surface area contributed by atoms with Crippen molar-refractivity contribution in [2.24, 2.45) is 5.73 Å². The van der Waals surface area contributed by atoms with Gasteiger partial charge in [-0.1, -0.05) is 159 Å². The van der Waals surface area contributed by atoms with Gasteiger partial charge in [0.25, 0.3) is 0 Å². The molecule has 0 fully saturated rings. The number of carboxylic acids is 1. The van der Waals surface area contributed by atoms with Crippen LogP contribution >= 0.6 is 24.0 Å². The van der Waals surface area contributed by atoms with Crippen LogP contribution in [-0.4, -0.2) is 27.8 Å². The third kappa shape index (κ3) is 38.9. The molecular formula is C32H60N2O3S2. The second-order valence-electron chi connectivity index (χ2n) is 9.93. The number of nitrogens with two attached hydrogens (primary N) is 1. The Morgan fingerprint density at radius 1 is 0.769 bits per heavy atom. The molecule has 228 valence electrons. The molecule has 0 aliphatic rings. The predicted molar refractivity (Wildman–Crippen MR) is 178 cm³/mol. The van der Waals surface area contributed by atoms with Crippen LogP contribution in [0.5, 0.6) is 0 Å². The molecule has 0 unspecified atom stereocenters. The molecule has 0 radical (unpaired) electrons. The van der Waals surface area contributed by atoms with E-state index in [0.717, 1.165) is 43.7 Å². The highest BCUT2D eigenvalue weighted by Crippen LogP contribution is 2.12. The molecule has 1 rings (SSSR count). The van der Waals surface area contributed by atoms with Crippen molar-refractivity contribution in [1.29, 1.82) is 0 Å². The molecule has 0 aliphatic carbocycles. The van der Waals surface area contributed by atoms with E-state index in [9.17, 15) is 4.79 Å². The quantitative estimate of drug-likeness (QED) is 0.0670. The molecule has 5 nitrogen and oxygen atoms in total. The van der Waals surface area contributed by atoms with Crippen LogP contribution in [0.15, 0.2) is 30.3 Å². The summed E-state index contributed by atoms with van der Waals surface area (Å²) in [7, 11) is 0. The van der Waals surface area contributed by atoms with Gasteiger partial charge in [-0.05, 0) is 37.1 Å². The van der Waals surface area contributed by atoms with E-state index in [1.807, 2.05) is 30.3 Å². The van der Waals surface area contributed by atoms with Crippen molar-refractivity contribution in [2.75, 3.05) is 17.8 Å². The summed E-state index contributed by atoms with van der Waals surface area (Å²) >= 11 is 6.14. The predicted octanol–water partition coefficient (Wildman–Crippen LogP) is 10.5. The van der Waals surface area contributed by atoms with Crippen molar-refractivity contribution in [3.63, 3.8) is 0 Å². The molecule has 0 bridgehead atoms. The van der Waals surface area contributed by atoms with E-state index in [-0.39, 0.29) is 0 Å². The van der Waals surface area contributed by atoms with Gasteiger partial charge in [0.2, 0.25) is 0 Å².